The highest BCUT2D eigenvalue weighted by atomic mass is 32.2. The maximum atomic E-state index is 13.1. The molecule has 7 heteroatoms. The molecule has 0 aliphatic heterocycles. The highest BCUT2D eigenvalue weighted by molar-refractivity contribution is 7.92. The van der Waals surface area contributed by atoms with Crippen molar-refractivity contribution >= 4 is 15.8 Å². The van der Waals surface area contributed by atoms with Crippen molar-refractivity contribution in [1.82, 2.24) is 14.8 Å². The molecule has 0 fully saturated rings. The SMILES string of the molecule is Cc1cccc(S(=O)(=O)N(C)c2nn(C)c(C)c2-c2ccncc2C)c1. The summed E-state index contributed by atoms with van der Waals surface area (Å²) >= 11 is 0. The van der Waals surface area contributed by atoms with E-state index in [4.69, 9.17) is 0 Å². The van der Waals surface area contributed by atoms with Crippen LogP contribution in [0.5, 0.6) is 0 Å². The van der Waals surface area contributed by atoms with Crippen LogP contribution in [0.3, 0.4) is 0 Å². The summed E-state index contributed by atoms with van der Waals surface area (Å²) in [6, 6.07) is 8.77. The summed E-state index contributed by atoms with van der Waals surface area (Å²) in [7, 11) is -0.367. The summed E-state index contributed by atoms with van der Waals surface area (Å²) in [6.45, 7) is 5.75. The zero-order valence-corrected chi connectivity index (χ0v) is 16.4. The first-order valence-electron chi connectivity index (χ1n) is 8.23. The number of sulfonamides is 1. The van der Waals surface area contributed by atoms with E-state index in [1.54, 1.807) is 42.3 Å². The summed E-state index contributed by atoms with van der Waals surface area (Å²) in [4.78, 5) is 4.38. The van der Waals surface area contributed by atoms with Crippen molar-refractivity contribution in [3.8, 4) is 11.1 Å². The van der Waals surface area contributed by atoms with E-state index < -0.39 is 10.0 Å². The second-order valence-corrected chi connectivity index (χ2v) is 8.36. The summed E-state index contributed by atoms with van der Waals surface area (Å²) in [5.74, 6) is 0.404. The molecule has 0 amide bonds. The first-order chi connectivity index (χ1) is 12.2. The minimum absolute atomic E-state index is 0.251. The van der Waals surface area contributed by atoms with E-state index in [2.05, 4.69) is 10.1 Å². The molecule has 0 aliphatic rings. The molecule has 136 valence electrons. The van der Waals surface area contributed by atoms with Crippen LogP contribution in [-0.2, 0) is 17.1 Å². The Morgan fingerprint density at radius 3 is 2.50 bits per heavy atom. The molecular weight excluding hydrogens is 348 g/mol. The summed E-state index contributed by atoms with van der Waals surface area (Å²) in [5.41, 5.74) is 4.46. The Hall–Kier alpha value is -2.67. The Kier molecular flexibility index (Phi) is 4.58. The third-order valence-corrected chi connectivity index (χ3v) is 6.30. The van der Waals surface area contributed by atoms with Gasteiger partial charge in [-0.3, -0.25) is 14.0 Å². The number of hydrogen-bond acceptors (Lipinski definition) is 4. The third kappa shape index (κ3) is 2.99. The van der Waals surface area contributed by atoms with Gasteiger partial charge in [-0.05, 0) is 55.7 Å². The molecule has 0 spiro atoms. The Balaban J connectivity index is 2.19. The van der Waals surface area contributed by atoms with Gasteiger partial charge in [0.15, 0.2) is 5.82 Å². The van der Waals surface area contributed by atoms with Crippen molar-refractivity contribution in [2.45, 2.75) is 25.7 Å². The molecule has 26 heavy (non-hydrogen) atoms. The highest BCUT2D eigenvalue weighted by Crippen LogP contribution is 2.36. The van der Waals surface area contributed by atoms with Gasteiger partial charge >= 0.3 is 0 Å². The van der Waals surface area contributed by atoms with Crippen LogP contribution in [0.15, 0.2) is 47.6 Å². The minimum atomic E-state index is -3.72. The van der Waals surface area contributed by atoms with Crippen molar-refractivity contribution in [2.75, 3.05) is 11.4 Å². The Morgan fingerprint density at radius 2 is 1.85 bits per heavy atom. The molecule has 2 heterocycles. The summed E-state index contributed by atoms with van der Waals surface area (Å²) < 4.78 is 29.2. The lowest BCUT2D eigenvalue weighted by Crippen LogP contribution is -2.27. The molecule has 0 saturated carbocycles. The average molecular weight is 370 g/mol. The fourth-order valence-electron chi connectivity index (χ4n) is 2.93. The predicted octanol–water partition coefficient (Wildman–Crippen LogP) is 3.23. The van der Waals surface area contributed by atoms with Gasteiger partial charge in [0.1, 0.15) is 0 Å². The van der Waals surface area contributed by atoms with E-state index in [1.807, 2.05) is 40.0 Å². The van der Waals surface area contributed by atoms with Crippen LogP contribution >= 0.6 is 0 Å². The number of anilines is 1. The van der Waals surface area contributed by atoms with Gasteiger partial charge in [-0.25, -0.2) is 8.42 Å². The van der Waals surface area contributed by atoms with Gasteiger partial charge in [-0.2, -0.15) is 5.10 Å². The first-order valence-corrected chi connectivity index (χ1v) is 9.67. The number of benzene rings is 1. The van der Waals surface area contributed by atoms with Gasteiger partial charge in [-0.1, -0.05) is 12.1 Å². The second-order valence-electron chi connectivity index (χ2n) is 6.39. The van der Waals surface area contributed by atoms with Crippen molar-refractivity contribution < 1.29 is 8.42 Å². The molecule has 0 atom stereocenters. The fourth-order valence-corrected chi connectivity index (χ4v) is 4.19. The average Bonchev–Trinajstić information content (AvgIpc) is 2.90. The van der Waals surface area contributed by atoms with Gasteiger partial charge in [0.2, 0.25) is 0 Å². The highest BCUT2D eigenvalue weighted by Gasteiger charge is 2.28. The maximum Gasteiger partial charge on any atom is 0.265 e. The van der Waals surface area contributed by atoms with Crippen LogP contribution in [0, 0.1) is 20.8 Å². The van der Waals surface area contributed by atoms with E-state index in [1.165, 1.54) is 4.31 Å². The normalized spacial score (nSPS) is 11.6. The lowest BCUT2D eigenvalue weighted by molar-refractivity contribution is 0.593. The zero-order chi connectivity index (χ0) is 19.1. The molecule has 0 aliphatic carbocycles. The molecule has 3 rings (SSSR count). The largest absolute Gasteiger partial charge is 0.270 e. The van der Waals surface area contributed by atoms with Crippen LogP contribution in [0.1, 0.15) is 16.8 Å². The molecule has 6 nitrogen and oxygen atoms in total. The van der Waals surface area contributed by atoms with E-state index in [9.17, 15) is 8.42 Å². The standard InChI is InChI=1S/C19H22N4O2S/c1-13-7-6-8-16(11-13)26(24,25)23(5)19-18(15(3)22(4)21-19)17-9-10-20-12-14(17)2/h6-12H,1-5H3. The van der Waals surface area contributed by atoms with E-state index in [0.717, 1.165) is 27.9 Å². The first kappa shape index (κ1) is 18.1. The lowest BCUT2D eigenvalue weighted by atomic mass is 10.0. The topological polar surface area (TPSA) is 68.1 Å². The Labute approximate surface area is 154 Å². The Bertz CT molecular complexity index is 1070. The van der Waals surface area contributed by atoms with Gasteiger partial charge in [0.25, 0.3) is 10.0 Å². The van der Waals surface area contributed by atoms with Crippen molar-refractivity contribution in [3.63, 3.8) is 0 Å². The maximum absolute atomic E-state index is 13.1. The smallest absolute Gasteiger partial charge is 0.265 e. The number of rotatable bonds is 4. The van der Waals surface area contributed by atoms with E-state index >= 15 is 0 Å². The van der Waals surface area contributed by atoms with Gasteiger partial charge in [0, 0.05) is 37.7 Å². The van der Waals surface area contributed by atoms with Crippen LogP contribution in [0.4, 0.5) is 5.82 Å². The second kappa shape index (κ2) is 6.57. The number of pyridine rings is 1. The van der Waals surface area contributed by atoms with Gasteiger partial charge < -0.3 is 0 Å². The van der Waals surface area contributed by atoms with Gasteiger partial charge in [0.05, 0.1) is 4.90 Å². The zero-order valence-electron chi connectivity index (χ0n) is 15.6. The third-order valence-electron chi connectivity index (χ3n) is 4.55. The summed E-state index contributed by atoms with van der Waals surface area (Å²) in [6.07, 6.45) is 3.47. The quantitative estimate of drug-likeness (QED) is 0.707. The monoisotopic (exact) mass is 370 g/mol. The number of aromatic nitrogens is 3. The van der Waals surface area contributed by atoms with Crippen molar-refractivity contribution in [3.05, 3.63) is 59.5 Å². The fraction of sp³-hybridized carbons (Fsp3) is 0.263. The predicted molar refractivity (Wildman–Crippen MR) is 103 cm³/mol. The van der Waals surface area contributed by atoms with E-state index in [-0.39, 0.29) is 4.90 Å². The molecule has 0 radical (unpaired) electrons. The number of aryl methyl sites for hydroxylation is 3. The number of nitrogens with zero attached hydrogens (tertiary/aromatic N) is 4. The van der Waals surface area contributed by atoms with E-state index in [0.29, 0.717) is 5.82 Å². The molecule has 0 bridgehead atoms. The molecule has 0 N–H and O–H groups in total. The molecule has 0 saturated heterocycles. The Morgan fingerprint density at radius 1 is 1.12 bits per heavy atom. The minimum Gasteiger partial charge on any atom is -0.270 e. The van der Waals surface area contributed by atoms with Crippen molar-refractivity contribution in [2.24, 2.45) is 7.05 Å². The summed E-state index contributed by atoms with van der Waals surface area (Å²) in [5, 5.41) is 4.48. The lowest BCUT2D eigenvalue weighted by Gasteiger charge is -2.19. The molecule has 3 aromatic rings. The molecular formula is C19H22N4O2S. The van der Waals surface area contributed by atoms with Crippen molar-refractivity contribution in [1.29, 1.82) is 0 Å². The molecule has 1 aromatic carbocycles. The van der Waals surface area contributed by atoms with Crippen LogP contribution < -0.4 is 4.31 Å². The van der Waals surface area contributed by atoms with Crippen LogP contribution in [0.2, 0.25) is 0 Å². The van der Waals surface area contributed by atoms with Crippen LogP contribution in [-0.4, -0.2) is 30.2 Å². The molecule has 2 aromatic heterocycles. The molecule has 0 unspecified atom stereocenters. The van der Waals surface area contributed by atoms with Crippen LogP contribution in [0.25, 0.3) is 11.1 Å². The number of hydrogen-bond donors (Lipinski definition) is 0. The van der Waals surface area contributed by atoms with Gasteiger partial charge in [-0.15, -0.1) is 0 Å².